The number of thiol groups is 1. The van der Waals surface area contributed by atoms with Gasteiger partial charge in [-0.15, -0.1) is 0 Å². The first-order valence-corrected chi connectivity index (χ1v) is 6.07. The van der Waals surface area contributed by atoms with Crippen LogP contribution in [0.1, 0.15) is 0 Å². The van der Waals surface area contributed by atoms with Crippen LogP contribution in [-0.4, -0.2) is 8.42 Å². The van der Waals surface area contributed by atoms with Crippen LogP contribution in [0.4, 0.5) is 0 Å². The second-order valence-electron chi connectivity index (χ2n) is 3.57. The van der Waals surface area contributed by atoms with Gasteiger partial charge in [-0.3, -0.25) is 0 Å². The van der Waals surface area contributed by atoms with Gasteiger partial charge in [-0.2, -0.15) is 8.42 Å². The van der Waals surface area contributed by atoms with Gasteiger partial charge in [0.25, 0.3) is 11.0 Å². The van der Waals surface area contributed by atoms with Crippen molar-refractivity contribution < 1.29 is 17.0 Å². The highest BCUT2D eigenvalue weighted by Gasteiger charge is 2.07. The fraction of sp³-hybridized carbons (Fsp3) is 0. The van der Waals surface area contributed by atoms with Crippen molar-refractivity contribution in [2.75, 3.05) is 0 Å². The van der Waals surface area contributed by atoms with Crippen molar-refractivity contribution in [2.24, 2.45) is 0 Å². The molecule has 0 saturated heterocycles. The molecule has 0 aliphatic rings. The first-order chi connectivity index (χ1) is 8.24. The summed E-state index contributed by atoms with van der Waals surface area (Å²) in [6.45, 7) is 0. The molecule has 2 aromatic carbocycles. The normalized spacial score (nSPS) is 11.4. The first-order valence-electron chi connectivity index (χ1n) is 4.98. The average molecular weight is 248 g/mol. The van der Waals surface area contributed by atoms with E-state index in [1.54, 1.807) is 18.2 Å². The number of rotatable bonds is 2. The maximum absolute atomic E-state index is 10.5. The fourth-order valence-corrected chi connectivity index (χ4v) is 2.13. The third-order valence-electron chi connectivity index (χ3n) is 2.53. The molecule has 0 bridgehead atoms. The Bertz CT molecular complexity index is 762. The monoisotopic (exact) mass is 248 g/mol. The summed E-state index contributed by atoms with van der Waals surface area (Å²) in [5.74, 6) is 0.257. The van der Waals surface area contributed by atoms with Gasteiger partial charge in [0.05, 0.1) is 0 Å². The predicted molar refractivity (Wildman–Crippen MR) is 64.7 cm³/mol. The highest BCUT2D eigenvalue weighted by molar-refractivity contribution is 7.67. The summed E-state index contributed by atoms with van der Waals surface area (Å²) in [5, 5.41) is 1.94. The van der Waals surface area contributed by atoms with Gasteiger partial charge < -0.3 is 8.60 Å². The van der Waals surface area contributed by atoms with Crippen LogP contribution in [0.2, 0.25) is 0 Å². The molecule has 0 spiro atoms. The molecule has 0 amide bonds. The van der Waals surface area contributed by atoms with E-state index < -0.39 is 11.0 Å². The number of furan rings is 1. The smallest absolute Gasteiger partial charge is 0.299 e. The van der Waals surface area contributed by atoms with E-state index >= 15 is 0 Å². The molecule has 1 heterocycles. The molecule has 17 heavy (non-hydrogen) atoms. The molecule has 86 valence electrons. The van der Waals surface area contributed by atoms with Crippen LogP contribution in [-0.2, 0) is 11.0 Å². The Morgan fingerprint density at radius 2 is 1.71 bits per heavy atom. The van der Waals surface area contributed by atoms with E-state index in [1.165, 1.54) is 0 Å². The summed E-state index contributed by atoms with van der Waals surface area (Å²) in [7, 11) is -2.90. The Balaban J connectivity index is 2.26. The minimum atomic E-state index is -2.90. The van der Waals surface area contributed by atoms with Gasteiger partial charge in [-0.1, -0.05) is 18.2 Å². The van der Waals surface area contributed by atoms with Gasteiger partial charge in [0.1, 0.15) is 16.9 Å². The SMILES string of the molecule is O=[SH](=O)Oc1ccc2c(c1)oc1ccccc12. The molecule has 3 aromatic rings. The molecule has 5 heteroatoms. The minimum Gasteiger partial charge on any atom is -0.456 e. The van der Waals surface area contributed by atoms with Gasteiger partial charge in [0, 0.05) is 16.8 Å². The van der Waals surface area contributed by atoms with Crippen LogP contribution in [0.25, 0.3) is 21.9 Å². The van der Waals surface area contributed by atoms with E-state index in [4.69, 9.17) is 4.42 Å². The van der Waals surface area contributed by atoms with E-state index in [9.17, 15) is 8.42 Å². The highest BCUT2D eigenvalue weighted by atomic mass is 32.2. The van der Waals surface area contributed by atoms with Gasteiger partial charge in [-0.25, -0.2) is 0 Å². The van der Waals surface area contributed by atoms with Crippen molar-refractivity contribution in [2.45, 2.75) is 0 Å². The van der Waals surface area contributed by atoms with Gasteiger partial charge in [-0.05, 0) is 18.2 Å². The van der Waals surface area contributed by atoms with Crippen molar-refractivity contribution in [1.29, 1.82) is 0 Å². The van der Waals surface area contributed by atoms with Crippen LogP contribution in [0.3, 0.4) is 0 Å². The summed E-state index contributed by atoms with van der Waals surface area (Å²) in [5.41, 5.74) is 1.38. The van der Waals surface area contributed by atoms with Crippen molar-refractivity contribution in [3.05, 3.63) is 42.5 Å². The Morgan fingerprint density at radius 3 is 2.53 bits per heavy atom. The quantitative estimate of drug-likeness (QED) is 0.708. The summed E-state index contributed by atoms with van der Waals surface area (Å²) in [6.07, 6.45) is 0. The van der Waals surface area contributed by atoms with Crippen LogP contribution in [0, 0.1) is 0 Å². The maximum Gasteiger partial charge on any atom is 0.299 e. The molecule has 1 aromatic heterocycles. The largest absolute Gasteiger partial charge is 0.456 e. The predicted octanol–water partition coefficient (Wildman–Crippen LogP) is 2.49. The summed E-state index contributed by atoms with van der Waals surface area (Å²) in [4.78, 5) is 0. The van der Waals surface area contributed by atoms with E-state index in [0.29, 0.717) is 5.58 Å². The molecule has 0 unspecified atom stereocenters. The van der Waals surface area contributed by atoms with Crippen LogP contribution in [0.15, 0.2) is 46.9 Å². The fourth-order valence-electron chi connectivity index (χ4n) is 1.85. The number of benzene rings is 2. The Morgan fingerprint density at radius 1 is 0.941 bits per heavy atom. The summed E-state index contributed by atoms with van der Waals surface area (Å²) >= 11 is 0. The number of hydrogen-bond donors (Lipinski definition) is 1. The first kappa shape index (κ1) is 10.2. The molecule has 0 atom stereocenters. The minimum absolute atomic E-state index is 0.257. The second kappa shape index (κ2) is 3.78. The zero-order valence-corrected chi connectivity index (χ0v) is 9.52. The lowest BCUT2D eigenvalue weighted by molar-refractivity contribution is 0.510. The van der Waals surface area contributed by atoms with E-state index in [2.05, 4.69) is 4.18 Å². The summed E-state index contributed by atoms with van der Waals surface area (Å²) in [6, 6.07) is 12.6. The van der Waals surface area contributed by atoms with Crippen LogP contribution in [0.5, 0.6) is 5.75 Å². The maximum atomic E-state index is 10.5. The van der Waals surface area contributed by atoms with Crippen LogP contribution < -0.4 is 4.18 Å². The highest BCUT2D eigenvalue weighted by Crippen LogP contribution is 2.30. The molecule has 0 aliphatic heterocycles. The van der Waals surface area contributed by atoms with E-state index in [-0.39, 0.29) is 5.75 Å². The zero-order valence-electron chi connectivity index (χ0n) is 8.62. The third kappa shape index (κ3) is 1.74. The van der Waals surface area contributed by atoms with Crippen molar-refractivity contribution >= 4 is 32.9 Å². The standard InChI is InChI=1S/C12H8O4S/c13-17(14)16-8-5-6-10-9-3-1-2-4-11(9)15-12(10)7-8/h1-7,17H. The molecule has 0 radical (unpaired) electrons. The number of para-hydroxylation sites is 1. The molecular formula is C12H8O4S. The number of hydrogen-bond acceptors (Lipinski definition) is 4. The van der Waals surface area contributed by atoms with Crippen molar-refractivity contribution in [1.82, 2.24) is 0 Å². The summed E-state index contributed by atoms with van der Waals surface area (Å²) < 4.78 is 31.1. The molecule has 4 nitrogen and oxygen atoms in total. The van der Waals surface area contributed by atoms with Gasteiger partial charge in [0.15, 0.2) is 0 Å². The topological polar surface area (TPSA) is 56.5 Å². The lowest BCUT2D eigenvalue weighted by atomic mass is 10.1. The lowest BCUT2D eigenvalue weighted by Crippen LogP contribution is -1.88. The van der Waals surface area contributed by atoms with Crippen molar-refractivity contribution in [3.63, 3.8) is 0 Å². The molecule has 3 rings (SSSR count). The van der Waals surface area contributed by atoms with Crippen molar-refractivity contribution in [3.8, 4) is 5.75 Å². The molecule has 0 fully saturated rings. The Labute approximate surface area is 98.6 Å². The lowest BCUT2D eigenvalue weighted by Gasteiger charge is -1.96. The molecular weight excluding hydrogens is 240 g/mol. The van der Waals surface area contributed by atoms with Gasteiger partial charge >= 0.3 is 0 Å². The number of fused-ring (bicyclic) bond motifs is 3. The third-order valence-corrected chi connectivity index (χ3v) is 2.89. The van der Waals surface area contributed by atoms with Crippen LogP contribution >= 0.6 is 0 Å². The van der Waals surface area contributed by atoms with Gasteiger partial charge in [0.2, 0.25) is 0 Å². The Hall–Kier alpha value is -2.01. The van der Waals surface area contributed by atoms with E-state index in [1.807, 2.05) is 24.3 Å². The molecule has 0 saturated carbocycles. The zero-order chi connectivity index (χ0) is 11.8. The second-order valence-corrected chi connectivity index (χ2v) is 4.20. The van der Waals surface area contributed by atoms with E-state index in [0.717, 1.165) is 16.4 Å². The Kier molecular flexibility index (Phi) is 2.26. The average Bonchev–Trinajstić information content (AvgIpc) is 2.65. The molecule has 0 N–H and O–H groups in total. The molecule has 0 aliphatic carbocycles.